The first kappa shape index (κ1) is 17.0. The van der Waals surface area contributed by atoms with Crippen molar-refractivity contribution in [3.63, 3.8) is 0 Å². The predicted octanol–water partition coefficient (Wildman–Crippen LogP) is 4.28. The molecule has 0 saturated carbocycles. The fraction of sp³-hybridized carbons (Fsp3) is 0.350. The second kappa shape index (κ2) is 6.68. The first-order valence-corrected chi connectivity index (χ1v) is 9.70. The van der Waals surface area contributed by atoms with Gasteiger partial charge < -0.3 is 10.0 Å². The summed E-state index contributed by atoms with van der Waals surface area (Å²) in [5, 5.41) is 12.5. The van der Waals surface area contributed by atoms with Crippen molar-refractivity contribution in [3.8, 4) is 11.1 Å². The summed E-state index contributed by atoms with van der Waals surface area (Å²) in [6.07, 6.45) is 2.93. The fourth-order valence-electron chi connectivity index (χ4n) is 3.75. The molecule has 1 aliphatic rings. The Morgan fingerprint density at radius 2 is 1.96 bits per heavy atom. The Morgan fingerprint density at radius 3 is 2.65 bits per heavy atom. The molecule has 2 aromatic heterocycles. The predicted molar refractivity (Wildman–Crippen MR) is 105 cm³/mol. The highest BCUT2D eigenvalue weighted by atomic mass is 32.1. The van der Waals surface area contributed by atoms with Crippen LogP contribution >= 0.6 is 11.3 Å². The van der Waals surface area contributed by atoms with Crippen molar-refractivity contribution in [1.82, 2.24) is 9.97 Å². The Hall–Kier alpha value is -2.47. The van der Waals surface area contributed by atoms with Crippen molar-refractivity contribution in [2.75, 3.05) is 18.0 Å². The molecule has 4 rings (SSSR count). The molecule has 134 valence electrons. The van der Waals surface area contributed by atoms with Gasteiger partial charge in [-0.25, -0.2) is 9.97 Å². The molecule has 1 aromatic carbocycles. The van der Waals surface area contributed by atoms with Gasteiger partial charge in [-0.1, -0.05) is 23.8 Å². The zero-order chi connectivity index (χ0) is 18.3. The first-order chi connectivity index (χ1) is 12.5. The summed E-state index contributed by atoms with van der Waals surface area (Å²) in [6.45, 7) is 5.66. The number of aliphatic carboxylic acids is 1. The van der Waals surface area contributed by atoms with Crippen molar-refractivity contribution in [2.45, 2.75) is 26.7 Å². The maximum absolute atomic E-state index is 11.2. The van der Waals surface area contributed by atoms with E-state index < -0.39 is 5.97 Å². The van der Waals surface area contributed by atoms with Crippen molar-refractivity contribution in [1.29, 1.82) is 0 Å². The third kappa shape index (κ3) is 2.94. The molecule has 6 heteroatoms. The highest BCUT2D eigenvalue weighted by Gasteiger charge is 2.27. The van der Waals surface area contributed by atoms with Crippen LogP contribution in [0.5, 0.6) is 0 Å². The number of hydrogen-bond donors (Lipinski definition) is 1. The Morgan fingerprint density at radius 1 is 1.19 bits per heavy atom. The van der Waals surface area contributed by atoms with Gasteiger partial charge in [-0.05, 0) is 37.8 Å². The molecule has 5 nitrogen and oxygen atoms in total. The van der Waals surface area contributed by atoms with Crippen LogP contribution < -0.4 is 4.90 Å². The van der Waals surface area contributed by atoms with Crippen LogP contribution in [0.3, 0.4) is 0 Å². The third-order valence-electron chi connectivity index (χ3n) is 5.17. The van der Waals surface area contributed by atoms with Crippen LogP contribution in [0.2, 0.25) is 0 Å². The summed E-state index contributed by atoms with van der Waals surface area (Å²) in [5.41, 5.74) is 4.86. The monoisotopic (exact) mass is 367 g/mol. The van der Waals surface area contributed by atoms with E-state index >= 15 is 0 Å². The number of carboxylic acids is 1. The largest absolute Gasteiger partial charge is 0.481 e. The molecule has 0 bridgehead atoms. The Labute approximate surface area is 156 Å². The Bertz CT molecular complexity index is 974. The van der Waals surface area contributed by atoms with Crippen molar-refractivity contribution >= 4 is 33.3 Å². The van der Waals surface area contributed by atoms with E-state index in [1.54, 1.807) is 17.7 Å². The molecule has 3 heterocycles. The van der Waals surface area contributed by atoms with Crippen LogP contribution in [0.4, 0.5) is 5.82 Å². The van der Waals surface area contributed by atoms with Crippen LogP contribution in [-0.2, 0) is 4.79 Å². The van der Waals surface area contributed by atoms with E-state index in [0.717, 1.165) is 16.0 Å². The van der Waals surface area contributed by atoms with Gasteiger partial charge in [0.1, 0.15) is 17.0 Å². The molecule has 0 amide bonds. The number of benzene rings is 1. The summed E-state index contributed by atoms with van der Waals surface area (Å²) in [5.74, 6) is -0.0103. The molecular formula is C20H21N3O2S. The number of nitrogens with zero attached hydrogens (tertiary/aromatic N) is 3. The summed E-state index contributed by atoms with van der Waals surface area (Å²) >= 11 is 1.63. The molecular weight excluding hydrogens is 346 g/mol. The van der Waals surface area contributed by atoms with Gasteiger partial charge in [-0.15, -0.1) is 11.3 Å². The number of fused-ring (bicyclic) bond motifs is 1. The molecule has 0 atom stereocenters. The van der Waals surface area contributed by atoms with Crippen LogP contribution in [0.25, 0.3) is 21.3 Å². The second-order valence-electron chi connectivity index (χ2n) is 6.94. The van der Waals surface area contributed by atoms with Gasteiger partial charge >= 0.3 is 5.97 Å². The molecule has 1 N–H and O–H groups in total. The molecule has 0 radical (unpaired) electrons. The number of anilines is 1. The van der Waals surface area contributed by atoms with Crippen LogP contribution in [-0.4, -0.2) is 34.1 Å². The van der Waals surface area contributed by atoms with Gasteiger partial charge in [0, 0.05) is 24.0 Å². The SMILES string of the molecule is Cc1ccc(-c2csc3ncnc(N4CCC(C(=O)O)CC4)c23)c(C)c1. The first-order valence-electron chi connectivity index (χ1n) is 8.82. The minimum atomic E-state index is -0.691. The maximum atomic E-state index is 11.2. The van der Waals surface area contributed by atoms with E-state index in [4.69, 9.17) is 0 Å². The zero-order valence-corrected chi connectivity index (χ0v) is 15.7. The third-order valence-corrected chi connectivity index (χ3v) is 6.05. The van der Waals surface area contributed by atoms with Gasteiger partial charge in [0.25, 0.3) is 0 Å². The topological polar surface area (TPSA) is 66.3 Å². The Balaban J connectivity index is 1.77. The second-order valence-corrected chi connectivity index (χ2v) is 7.80. The lowest BCUT2D eigenvalue weighted by molar-refractivity contribution is -0.142. The quantitative estimate of drug-likeness (QED) is 0.748. The minimum absolute atomic E-state index is 0.245. The van der Waals surface area contributed by atoms with E-state index in [2.05, 4.69) is 52.3 Å². The number of aryl methyl sites for hydroxylation is 2. The van der Waals surface area contributed by atoms with Crippen LogP contribution in [0, 0.1) is 19.8 Å². The van der Waals surface area contributed by atoms with E-state index in [9.17, 15) is 9.90 Å². The molecule has 1 fully saturated rings. The van der Waals surface area contributed by atoms with Gasteiger partial charge in [0.05, 0.1) is 11.3 Å². The maximum Gasteiger partial charge on any atom is 0.306 e. The molecule has 0 aliphatic carbocycles. The summed E-state index contributed by atoms with van der Waals surface area (Å²) in [4.78, 5) is 23.5. The lowest BCUT2D eigenvalue weighted by Crippen LogP contribution is -2.36. The van der Waals surface area contributed by atoms with Gasteiger partial charge in [0.2, 0.25) is 0 Å². The molecule has 1 saturated heterocycles. The molecule has 26 heavy (non-hydrogen) atoms. The van der Waals surface area contributed by atoms with E-state index in [0.29, 0.717) is 25.9 Å². The fourth-order valence-corrected chi connectivity index (χ4v) is 4.65. The highest BCUT2D eigenvalue weighted by Crippen LogP contribution is 2.40. The highest BCUT2D eigenvalue weighted by molar-refractivity contribution is 7.17. The number of rotatable bonds is 3. The standard InChI is InChI=1S/C20H21N3O2S/c1-12-3-4-15(13(2)9-12)16-10-26-19-17(16)18(21-11-22-19)23-7-5-14(6-8-23)20(24)25/h3-4,9-11,14H,5-8H2,1-2H3,(H,24,25). The summed E-state index contributed by atoms with van der Waals surface area (Å²) < 4.78 is 0. The number of carbonyl (C=O) groups is 1. The van der Waals surface area contributed by atoms with Gasteiger partial charge in [-0.2, -0.15) is 0 Å². The normalized spacial score (nSPS) is 15.5. The van der Waals surface area contributed by atoms with Gasteiger partial charge in [-0.3, -0.25) is 4.79 Å². The summed E-state index contributed by atoms with van der Waals surface area (Å²) in [6, 6.07) is 6.49. The van der Waals surface area contributed by atoms with Crippen molar-refractivity contribution in [3.05, 3.63) is 41.0 Å². The summed E-state index contributed by atoms with van der Waals surface area (Å²) in [7, 11) is 0. The number of piperidine rings is 1. The minimum Gasteiger partial charge on any atom is -0.481 e. The average Bonchev–Trinajstić information content (AvgIpc) is 3.06. The van der Waals surface area contributed by atoms with Crippen LogP contribution in [0.1, 0.15) is 24.0 Å². The average molecular weight is 367 g/mol. The van der Waals surface area contributed by atoms with Gasteiger partial charge in [0.15, 0.2) is 0 Å². The number of hydrogen-bond acceptors (Lipinski definition) is 5. The number of aromatic nitrogens is 2. The Kier molecular flexibility index (Phi) is 4.36. The molecule has 0 unspecified atom stereocenters. The zero-order valence-electron chi connectivity index (χ0n) is 14.9. The van der Waals surface area contributed by atoms with E-state index in [1.807, 2.05) is 0 Å². The van der Waals surface area contributed by atoms with Crippen molar-refractivity contribution < 1.29 is 9.90 Å². The number of thiophene rings is 1. The molecule has 3 aromatic rings. The van der Waals surface area contributed by atoms with Crippen molar-refractivity contribution in [2.24, 2.45) is 5.92 Å². The smallest absolute Gasteiger partial charge is 0.306 e. The lowest BCUT2D eigenvalue weighted by atomic mass is 9.96. The molecule has 0 spiro atoms. The van der Waals surface area contributed by atoms with E-state index in [1.165, 1.54) is 22.3 Å². The number of carboxylic acid groups (broad SMARTS) is 1. The molecule has 1 aliphatic heterocycles. The van der Waals surface area contributed by atoms with E-state index in [-0.39, 0.29) is 5.92 Å². The lowest BCUT2D eigenvalue weighted by Gasteiger charge is -2.31. The van der Waals surface area contributed by atoms with Crippen LogP contribution in [0.15, 0.2) is 29.9 Å².